The lowest BCUT2D eigenvalue weighted by molar-refractivity contribution is -0.136. The Kier molecular flexibility index (Phi) is 5.91. The van der Waals surface area contributed by atoms with Gasteiger partial charge in [-0.2, -0.15) is 18.4 Å². The summed E-state index contributed by atoms with van der Waals surface area (Å²) in [5.41, 5.74) is -1.11. The van der Waals surface area contributed by atoms with Crippen molar-refractivity contribution >= 4 is 17.3 Å². The van der Waals surface area contributed by atoms with Crippen LogP contribution in [-0.2, 0) is 6.18 Å². The van der Waals surface area contributed by atoms with E-state index in [1.165, 1.54) is 12.1 Å². The smallest absolute Gasteiger partial charge is 0.385 e. The van der Waals surface area contributed by atoms with Crippen molar-refractivity contribution < 1.29 is 13.2 Å². The molecule has 0 amide bonds. The van der Waals surface area contributed by atoms with Gasteiger partial charge in [-0.25, -0.2) is 0 Å². The van der Waals surface area contributed by atoms with Crippen LogP contribution < -0.4 is 5.32 Å². The Labute approximate surface area is 127 Å². The minimum Gasteiger partial charge on any atom is -0.385 e. The number of hydrogen-bond acceptors (Lipinski definition) is 2. The van der Waals surface area contributed by atoms with Gasteiger partial charge in [0.05, 0.1) is 17.0 Å². The molecule has 6 heteroatoms. The quantitative estimate of drug-likeness (QED) is 0.704. The van der Waals surface area contributed by atoms with E-state index in [2.05, 4.69) is 11.4 Å². The molecular weight excluding hydrogens is 301 g/mol. The van der Waals surface area contributed by atoms with Crippen LogP contribution in [0.25, 0.3) is 0 Å². The van der Waals surface area contributed by atoms with Gasteiger partial charge in [0.1, 0.15) is 0 Å². The summed E-state index contributed by atoms with van der Waals surface area (Å²) in [4.78, 5) is 0. The predicted molar refractivity (Wildman–Crippen MR) is 78.2 cm³/mol. The molecular formula is C15H18ClF3N2. The highest BCUT2D eigenvalue weighted by Crippen LogP contribution is 2.36. The Hall–Kier alpha value is -1.41. The Morgan fingerprint density at radius 2 is 1.90 bits per heavy atom. The molecule has 0 aromatic heterocycles. The molecule has 1 aromatic rings. The Morgan fingerprint density at radius 1 is 1.24 bits per heavy atom. The van der Waals surface area contributed by atoms with E-state index in [4.69, 9.17) is 16.9 Å². The van der Waals surface area contributed by atoms with Crippen LogP contribution in [0, 0.1) is 16.7 Å². The van der Waals surface area contributed by atoms with Crippen molar-refractivity contribution in [1.82, 2.24) is 0 Å². The second-order valence-electron chi connectivity index (χ2n) is 5.57. The van der Waals surface area contributed by atoms with E-state index in [1.54, 1.807) is 0 Å². The zero-order valence-electron chi connectivity index (χ0n) is 12.0. The van der Waals surface area contributed by atoms with Crippen molar-refractivity contribution in [3.05, 3.63) is 28.8 Å². The average Bonchev–Trinajstić information content (AvgIpc) is 2.38. The van der Waals surface area contributed by atoms with Crippen molar-refractivity contribution in [2.75, 3.05) is 11.9 Å². The van der Waals surface area contributed by atoms with Gasteiger partial charge < -0.3 is 5.32 Å². The standard InChI is InChI=1S/C15H18ClF3N2/c1-14(2,10-20)7-3-4-8-21-13-6-5-11(16)9-12(13)15(17,18)19/h5-6,9,21H,3-4,7-8H2,1-2H3. The molecule has 1 rings (SSSR count). The van der Waals surface area contributed by atoms with Gasteiger partial charge >= 0.3 is 6.18 Å². The Morgan fingerprint density at radius 3 is 2.48 bits per heavy atom. The number of halogens is 4. The number of unbranched alkanes of at least 4 members (excludes halogenated alkanes) is 1. The third kappa shape index (κ3) is 5.84. The summed E-state index contributed by atoms with van der Waals surface area (Å²) < 4.78 is 38.6. The van der Waals surface area contributed by atoms with E-state index in [1.807, 2.05) is 13.8 Å². The molecule has 2 nitrogen and oxygen atoms in total. The van der Waals surface area contributed by atoms with Crippen LogP contribution in [0.15, 0.2) is 18.2 Å². The van der Waals surface area contributed by atoms with Crippen LogP contribution in [0.1, 0.15) is 38.7 Å². The molecule has 0 atom stereocenters. The average molecular weight is 319 g/mol. The largest absolute Gasteiger partial charge is 0.418 e. The lowest BCUT2D eigenvalue weighted by Gasteiger charge is -2.16. The molecule has 0 aliphatic heterocycles. The monoisotopic (exact) mass is 318 g/mol. The van der Waals surface area contributed by atoms with Crippen LogP contribution in [0.4, 0.5) is 18.9 Å². The zero-order valence-corrected chi connectivity index (χ0v) is 12.8. The molecule has 0 saturated heterocycles. The number of anilines is 1. The van der Waals surface area contributed by atoms with E-state index in [0.29, 0.717) is 13.0 Å². The van der Waals surface area contributed by atoms with Crippen LogP contribution in [0.3, 0.4) is 0 Å². The summed E-state index contributed by atoms with van der Waals surface area (Å²) in [7, 11) is 0. The fraction of sp³-hybridized carbons (Fsp3) is 0.533. The maximum Gasteiger partial charge on any atom is 0.418 e. The van der Waals surface area contributed by atoms with Gasteiger partial charge in [0, 0.05) is 17.3 Å². The van der Waals surface area contributed by atoms with E-state index in [9.17, 15) is 13.2 Å². The fourth-order valence-corrected chi connectivity index (χ4v) is 2.05. The van der Waals surface area contributed by atoms with E-state index >= 15 is 0 Å². The van der Waals surface area contributed by atoms with Crippen molar-refractivity contribution in [1.29, 1.82) is 5.26 Å². The van der Waals surface area contributed by atoms with Gasteiger partial charge in [-0.05, 0) is 44.9 Å². The number of benzene rings is 1. The Balaban J connectivity index is 2.55. The third-order valence-electron chi connectivity index (χ3n) is 3.13. The number of rotatable bonds is 6. The fourth-order valence-electron chi connectivity index (χ4n) is 1.88. The highest BCUT2D eigenvalue weighted by atomic mass is 35.5. The molecule has 1 aromatic carbocycles. The molecule has 21 heavy (non-hydrogen) atoms. The summed E-state index contributed by atoms with van der Waals surface area (Å²) in [5.74, 6) is 0. The van der Waals surface area contributed by atoms with Crippen LogP contribution >= 0.6 is 11.6 Å². The molecule has 0 aliphatic rings. The number of hydrogen-bond donors (Lipinski definition) is 1. The first kappa shape index (κ1) is 17.6. The maximum atomic E-state index is 12.9. The number of alkyl halides is 3. The van der Waals surface area contributed by atoms with Crippen LogP contribution in [-0.4, -0.2) is 6.54 Å². The molecule has 116 valence electrons. The van der Waals surface area contributed by atoms with Crippen molar-refractivity contribution in [2.24, 2.45) is 5.41 Å². The summed E-state index contributed by atoms with van der Waals surface area (Å²) in [6.07, 6.45) is -2.23. The summed E-state index contributed by atoms with van der Waals surface area (Å²) in [6, 6.07) is 5.89. The van der Waals surface area contributed by atoms with E-state index in [-0.39, 0.29) is 10.7 Å². The van der Waals surface area contributed by atoms with Gasteiger partial charge in [-0.15, -0.1) is 0 Å². The lowest BCUT2D eigenvalue weighted by Crippen LogP contribution is -2.12. The first-order chi connectivity index (χ1) is 9.65. The molecule has 0 aliphatic carbocycles. The minimum absolute atomic E-state index is 0.0337. The van der Waals surface area contributed by atoms with Crippen LogP contribution in [0.5, 0.6) is 0 Å². The molecule has 0 bridgehead atoms. The normalized spacial score (nSPS) is 12.0. The van der Waals surface area contributed by atoms with Crippen molar-refractivity contribution in [3.63, 3.8) is 0 Å². The topological polar surface area (TPSA) is 35.8 Å². The van der Waals surface area contributed by atoms with Crippen molar-refractivity contribution in [2.45, 2.75) is 39.3 Å². The summed E-state index contributed by atoms with van der Waals surface area (Å²) in [6.45, 7) is 4.12. The van der Waals surface area contributed by atoms with Crippen molar-refractivity contribution in [3.8, 4) is 6.07 Å². The molecule has 0 spiro atoms. The molecule has 0 fully saturated rings. The predicted octanol–water partition coefficient (Wildman–Crippen LogP) is 5.49. The number of nitriles is 1. The molecule has 0 unspecified atom stereocenters. The van der Waals surface area contributed by atoms with Gasteiger partial charge in [-0.1, -0.05) is 18.0 Å². The van der Waals surface area contributed by atoms with Gasteiger partial charge in [-0.3, -0.25) is 0 Å². The second kappa shape index (κ2) is 7.04. The summed E-state index contributed by atoms with van der Waals surface area (Å²) in [5, 5.41) is 11.7. The SMILES string of the molecule is CC(C)(C#N)CCCCNc1ccc(Cl)cc1C(F)(F)F. The second-order valence-corrected chi connectivity index (χ2v) is 6.00. The third-order valence-corrected chi connectivity index (χ3v) is 3.37. The molecule has 1 N–H and O–H groups in total. The lowest BCUT2D eigenvalue weighted by atomic mass is 9.89. The minimum atomic E-state index is -4.43. The number of nitrogens with one attached hydrogen (secondary N) is 1. The molecule has 0 heterocycles. The Bertz CT molecular complexity index is 519. The number of nitrogens with zero attached hydrogens (tertiary/aromatic N) is 1. The first-order valence-electron chi connectivity index (χ1n) is 6.67. The van der Waals surface area contributed by atoms with Gasteiger partial charge in [0.25, 0.3) is 0 Å². The maximum absolute atomic E-state index is 12.9. The van der Waals surface area contributed by atoms with Gasteiger partial charge in [0.15, 0.2) is 0 Å². The molecule has 0 saturated carbocycles. The van der Waals surface area contributed by atoms with Crippen LogP contribution in [0.2, 0.25) is 5.02 Å². The van der Waals surface area contributed by atoms with E-state index in [0.717, 1.165) is 18.9 Å². The molecule has 0 radical (unpaired) electrons. The summed E-state index contributed by atoms with van der Waals surface area (Å²) >= 11 is 5.61. The first-order valence-corrected chi connectivity index (χ1v) is 7.05. The van der Waals surface area contributed by atoms with Gasteiger partial charge in [0.2, 0.25) is 0 Å². The van der Waals surface area contributed by atoms with E-state index < -0.39 is 17.2 Å². The highest BCUT2D eigenvalue weighted by Gasteiger charge is 2.33. The highest BCUT2D eigenvalue weighted by molar-refractivity contribution is 6.30. The zero-order chi connectivity index (χ0) is 16.1.